The van der Waals surface area contributed by atoms with Gasteiger partial charge in [-0.05, 0) is 55.2 Å². The molecule has 2 bridgehead atoms. The highest BCUT2D eigenvalue weighted by Gasteiger charge is 2.58. The summed E-state index contributed by atoms with van der Waals surface area (Å²) >= 11 is 0. The van der Waals surface area contributed by atoms with Crippen molar-refractivity contribution in [2.24, 2.45) is 28.7 Å². The van der Waals surface area contributed by atoms with Gasteiger partial charge in [0.25, 0.3) is 0 Å². The van der Waals surface area contributed by atoms with Crippen molar-refractivity contribution in [1.82, 2.24) is 15.5 Å². The van der Waals surface area contributed by atoms with E-state index in [-0.39, 0.29) is 59.5 Å². The normalized spacial score (nSPS) is 25.3. The number of nitrogens with one attached hydrogen (secondary N) is 2. The van der Waals surface area contributed by atoms with E-state index in [2.05, 4.69) is 56.9 Å². The third kappa shape index (κ3) is 5.53. The Bertz CT molecular complexity index is 869. The number of imide groups is 1. The second-order valence-corrected chi connectivity index (χ2v) is 9.27. The van der Waals surface area contributed by atoms with Crippen LogP contribution >= 0.6 is 24.0 Å². The molecule has 4 unspecified atom stereocenters. The van der Waals surface area contributed by atoms with Crippen LogP contribution in [-0.4, -0.2) is 63.5 Å². The molecule has 1 aromatic carbocycles. The molecule has 0 radical (unpaired) electrons. The molecule has 1 heterocycles. The molecular weight excluding hydrogens is 529 g/mol. The first-order valence-corrected chi connectivity index (χ1v) is 11.7. The van der Waals surface area contributed by atoms with Gasteiger partial charge in [0.15, 0.2) is 5.96 Å². The number of amides is 2. The molecule has 4 atom stereocenters. The lowest BCUT2D eigenvalue weighted by Crippen LogP contribution is -2.40. The van der Waals surface area contributed by atoms with E-state index in [1.165, 1.54) is 16.2 Å². The number of likely N-dealkylation sites (tertiary alicyclic amines) is 1. The quantitative estimate of drug-likeness (QED) is 0.120. The van der Waals surface area contributed by atoms with Crippen LogP contribution < -0.4 is 15.5 Å². The zero-order valence-electron chi connectivity index (χ0n) is 19.8. The van der Waals surface area contributed by atoms with E-state index in [4.69, 9.17) is 0 Å². The van der Waals surface area contributed by atoms with Gasteiger partial charge in [0.05, 0.1) is 11.8 Å². The van der Waals surface area contributed by atoms with E-state index in [1.54, 1.807) is 7.05 Å². The summed E-state index contributed by atoms with van der Waals surface area (Å²) in [7, 11) is 5.85. The van der Waals surface area contributed by atoms with Crippen LogP contribution in [0.2, 0.25) is 0 Å². The van der Waals surface area contributed by atoms with Gasteiger partial charge >= 0.3 is 0 Å². The fourth-order valence-electron chi connectivity index (χ4n) is 5.31. The number of hydrogen-bond acceptors (Lipinski definition) is 4. The molecule has 0 spiro atoms. The van der Waals surface area contributed by atoms with Gasteiger partial charge in [-0.1, -0.05) is 24.3 Å². The lowest BCUT2D eigenvalue weighted by molar-refractivity contribution is -0.140. The molecule has 1 aromatic rings. The standard InChI is InChI=1S/C25H35N5O2.HI/c1-26-25(27-13-4-6-17-7-11-20(12-8-17)29(2)3)28-14-5-15-30-23(31)21-18-9-10-19(16-18)22(21)24(30)32;/h7-12,18-19,21-22H,4-6,13-16H2,1-3H3,(H2,26,27,28);1H. The van der Waals surface area contributed by atoms with Gasteiger partial charge < -0.3 is 15.5 Å². The molecule has 8 heteroatoms. The second kappa shape index (κ2) is 11.4. The number of anilines is 1. The number of allylic oxidation sites excluding steroid dienone is 2. The Balaban J connectivity index is 0.00000306. The number of rotatable bonds is 9. The molecule has 7 nitrogen and oxygen atoms in total. The lowest BCUT2D eigenvalue weighted by atomic mass is 9.85. The number of hydrogen-bond donors (Lipinski definition) is 2. The number of guanidine groups is 1. The van der Waals surface area contributed by atoms with Gasteiger partial charge in [-0.25, -0.2) is 0 Å². The summed E-state index contributed by atoms with van der Waals surface area (Å²) in [5.41, 5.74) is 2.54. The van der Waals surface area contributed by atoms with Crippen LogP contribution in [0.25, 0.3) is 0 Å². The molecule has 2 fully saturated rings. The SMILES string of the molecule is CN=C(NCCCc1ccc(N(C)C)cc1)NCCCN1C(=O)C2C3C=CC(C3)C2C1=O.I. The first-order chi connectivity index (χ1) is 15.5. The lowest BCUT2D eigenvalue weighted by Gasteiger charge is -2.18. The molecule has 1 saturated carbocycles. The van der Waals surface area contributed by atoms with Crippen molar-refractivity contribution >= 4 is 47.4 Å². The van der Waals surface area contributed by atoms with E-state index in [1.807, 2.05) is 14.1 Å². The number of aliphatic imine (C=N–C) groups is 1. The molecule has 2 amide bonds. The fourth-order valence-corrected chi connectivity index (χ4v) is 5.31. The van der Waals surface area contributed by atoms with Gasteiger partial charge in [0.1, 0.15) is 0 Å². The topological polar surface area (TPSA) is 77.0 Å². The molecule has 180 valence electrons. The average molecular weight is 566 g/mol. The fraction of sp³-hybridized carbons (Fsp3) is 0.560. The number of carbonyl (C=O) groups is 2. The van der Waals surface area contributed by atoms with Crippen molar-refractivity contribution in [3.63, 3.8) is 0 Å². The predicted molar refractivity (Wildman–Crippen MR) is 143 cm³/mol. The van der Waals surface area contributed by atoms with Crippen molar-refractivity contribution in [3.8, 4) is 0 Å². The van der Waals surface area contributed by atoms with E-state index in [0.717, 1.165) is 38.2 Å². The third-order valence-electron chi connectivity index (χ3n) is 7.02. The molecule has 0 aromatic heterocycles. The van der Waals surface area contributed by atoms with Gasteiger partial charge in [0, 0.05) is 46.5 Å². The zero-order chi connectivity index (χ0) is 22.7. The number of carbonyl (C=O) groups excluding carboxylic acids is 2. The highest BCUT2D eigenvalue weighted by molar-refractivity contribution is 14.0. The maximum atomic E-state index is 12.7. The Kier molecular flexibility index (Phi) is 8.78. The van der Waals surface area contributed by atoms with Crippen molar-refractivity contribution in [1.29, 1.82) is 0 Å². The van der Waals surface area contributed by atoms with Crippen LogP contribution in [0, 0.1) is 23.7 Å². The van der Waals surface area contributed by atoms with E-state index < -0.39 is 0 Å². The molecule has 2 N–H and O–H groups in total. The molecule has 1 saturated heterocycles. The average Bonchev–Trinajstić information content (AvgIpc) is 3.47. The summed E-state index contributed by atoms with van der Waals surface area (Å²) in [5, 5.41) is 6.64. The summed E-state index contributed by atoms with van der Waals surface area (Å²) in [6.45, 7) is 1.98. The summed E-state index contributed by atoms with van der Waals surface area (Å²) in [5.74, 6) is 1.19. The van der Waals surface area contributed by atoms with Crippen LogP contribution in [0.5, 0.6) is 0 Å². The summed E-state index contributed by atoms with van der Waals surface area (Å²) in [4.78, 5) is 33.3. The minimum Gasteiger partial charge on any atom is -0.378 e. The maximum absolute atomic E-state index is 12.7. The smallest absolute Gasteiger partial charge is 0.233 e. The number of fused-ring (bicyclic) bond motifs is 5. The van der Waals surface area contributed by atoms with Crippen LogP contribution in [0.1, 0.15) is 24.8 Å². The van der Waals surface area contributed by atoms with Crippen molar-refractivity contribution < 1.29 is 9.59 Å². The van der Waals surface area contributed by atoms with Crippen molar-refractivity contribution in [3.05, 3.63) is 42.0 Å². The first kappa shape index (κ1) is 25.5. The monoisotopic (exact) mass is 565 g/mol. The van der Waals surface area contributed by atoms with Crippen LogP contribution in [-0.2, 0) is 16.0 Å². The van der Waals surface area contributed by atoms with Crippen LogP contribution in [0.4, 0.5) is 5.69 Å². The first-order valence-electron chi connectivity index (χ1n) is 11.7. The van der Waals surface area contributed by atoms with E-state index in [9.17, 15) is 9.59 Å². The van der Waals surface area contributed by atoms with Crippen LogP contribution in [0.3, 0.4) is 0 Å². The maximum Gasteiger partial charge on any atom is 0.233 e. The molecule has 3 aliphatic rings. The minimum atomic E-state index is -0.0982. The predicted octanol–water partition coefficient (Wildman–Crippen LogP) is 2.67. The highest BCUT2D eigenvalue weighted by atomic mass is 127. The Morgan fingerprint density at radius 3 is 2.12 bits per heavy atom. The Morgan fingerprint density at radius 2 is 1.58 bits per heavy atom. The van der Waals surface area contributed by atoms with E-state index >= 15 is 0 Å². The minimum absolute atomic E-state index is 0. The van der Waals surface area contributed by atoms with Crippen molar-refractivity contribution in [2.45, 2.75) is 25.7 Å². The molecule has 2 aliphatic carbocycles. The second-order valence-electron chi connectivity index (χ2n) is 9.27. The number of nitrogens with zero attached hydrogens (tertiary/aromatic N) is 3. The summed E-state index contributed by atoms with van der Waals surface area (Å²) in [6, 6.07) is 8.65. The van der Waals surface area contributed by atoms with E-state index in [0.29, 0.717) is 13.1 Å². The summed E-state index contributed by atoms with van der Waals surface area (Å²) in [6.07, 6.45) is 7.99. The van der Waals surface area contributed by atoms with Crippen molar-refractivity contribution in [2.75, 3.05) is 45.7 Å². The molecular formula is C25H36IN5O2. The number of halogens is 1. The summed E-state index contributed by atoms with van der Waals surface area (Å²) < 4.78 is 0. The molecule has 33 heavy (non-hydrogen) atoms. The molecule has 4 rings (SSSR count). The van der Waals surface area contributed by atoms with Gasteiger partial charge in [-0.3, -0.25) is 19.5 Å². The van der Waals surface area contributed by atoms with Gasteiger partial charge in [-0.2, -0.15) is 0 Å². The Labute approximate surface area is 214 Å². The largest absolute Gasteiger partial charge is 0.378 e. The van der Waals surface area contributed by atoms with Gasteiger partial charge in [0.2, 0.25) is 11.8 Å². The molecule has 1 aliphatic heterocycles. The number of benzene rings is 1. The Morgan fingerprint density at radius 1 is 1.00 bits per heavy atom. The highest BCUT2D eigenvalue weighted by Crippen LogP contribution is 2.52. The third-order valence-corrected chi connectivity index (χ3v) is 7.02. The van der Waals surface area contributed by atoms with Crippen LogP contribution in [0.15, 0.2) is 41.4 Å². The number of aryl methyl sites for hydroxylation is 1. The van der Waals surface area contributed by atoms with Gasteiger partial charge in [-0.15, -0.1) is 24.0 Å². The Hall–Kier alpha value is -2.10. The zero-order valence-corrected chi connectivity index (χ0v) is 22.1.